The summed E-state index contributed by atoms with van der Waals surface area (Å²) in [5.41, 5.74) is 1.56. The van der Waals surface area contributed by atoms with Crippen LogP contribution in [0, 0.1) is 10.1 Å². The molecule has 1 N–H and O–H groups in total. The van der Waals surface area contributed by atoms with Gasteiger partial charge in [0, 0.05) is 23.5 Å². The summed E-state index contributed by atoms with van der Waals surface area (Å²) in [6, 6.07) is 13.1. The molecule has 0 atom stereocenters. The molecule has 0 aliphatic rings. The lowest BCUT2D eigenvalue weighted by Gasteiger charge is -2.08. The summed E-state index contributed by atoms with van der Waals surface area (Å²) >= 11 is 0. The average molecular weight is 302 g/mol. The summed E-state index contributed by atoms with van der Waals surface area (Å²) in [7, 11) is 1.29. The molecule has 2 aromatic carbocycles. The van der Waals surface area contributed by atoms with Crippen molar-refractivity contribution >= 4 is 23.0 Å². The fourth-order valence-corrected chi connectivity index (χ4v) is 1.67. The number of ether oxygens (including phenoxy) is 2. The van der Waals surface area contributed by atoms with E-state index < -0.39 is 10.9 Å². The third-order valence-corrected chi connectivity index (χ3v) is 2.81. The van der Waals surface area contributed by atoms with Crippen LogP contribution in [0.2, 0.25) is 0 Å². The third-order valence-electron chi connectivity index (χ3n) is 2.81. The summed E-state index contributed by atoms with van der Waals surface area (Å²) in [5, 5.41) is 13.7. The topological polar surface area (TPSA) is 90.7 Å². The minimum atomic E-state index is -0.451. The highest BCUT2D eigenvalue weighted by Crippen LogP contribution is 2.22. The summed E-state index contributed by atoms with van der Waals surface area (Å²) in [6.45, 7) is -0.147. The first-order chi connectivity index (χ1) is 10.6. The van der Waals surface area contributed by atoms with E-state index in [1.165, 1.54) is 19.2 Å². The van der Waals surface area contributed by atoms with Gasteiger partial charge in [-0.25, -0.2) is 4.79 Å². The van der Waals surface area contributed by atoms with Crippen LogP contribution in [0.25, 0.3) is 0 Å². The smallest absolute Gasteiger partial charge is 0.343 e. The van der Waals surface area contributed by atoms with E-state index in [0.29, 0.717) is 5.75 Å². The molecule has 0 saturated carbocycles. The summed E-state index contributed by atoms with van der Waals surface area (Å²) in [5.74, 6) is 0.0905. The minimum Gasteiger partial charge on any atom is -0.482 e. The van der Waals surface area contributed by atoms with Gasteiger partial charge in [-0.1, -0.05) is 0 Å². The molecule has 7 nitrogen and oxygen atoms in total. The van der Waals surface area contributed by atoms with E-state index in [9.17, 15) is 14.9 Å². The van der Waals surface area contributed by atoms with Gasteiger partial charge in [-0.3, -0.25) is 10.1 Å². The predicted octanol–water partition coefficient (Wildman–Crippen LogP) is 2.89. The van der Waals surface area contributed by atoms with E-state index in [-0.39, 0.29) is 12.3 Å². The lowest BCUT2D eigenvalue weighted by Crippen LogP contribution is -2.12. The lowest BCUT2D eigenvalue weighted by molar-refractivity contribution is -0.384. The molecule has 0 bridgehead atoms. The molecule has 0 aliphatic carbocycles. The maximum absolute atomic E-state index is 11.0. The molecule has 0 saturated heterocycles. The van der Waals surface area contributed by atoms with Gasteiger partial charge in [-0.2, -0.15) is 0 Å². The molecular formula is C15H14N2O5. The van der Waals surface area contributed by atoms with Crippen LogP contribution in [0.3, 0.4) is 0 Å². The standard InChI is InChI=1S/C15H14N2O5/c1-21-15(18)10-22-14-8-4-12(5-9-14)16-11-2-6-13(7-3-11)17(19)20/h2-9,16H,10H2,1H3. The van der Waals surface area contributed by atoms with Gasteiger partial charge in [0.2, 0.25) is 0 Å². The number of methoxy groups -OCH3 is 1. The number of nitro benzene ring substituents is 1. The van der Waals surface area contributed by atoms with E-state index in [4.69, 9.17) is 4.74 Å². The second-order valence-corrected chi connectivity index (χ2v) is 4.32. The Morgan fingerprint density at radius 1 is 1.09 bits per heavy atom. The van der Waals surface area contributed by atoms with Crippen molar-refractivity contribution in [2.24, 2.45) is 0 Å². The van der Waals surface area contributed by atoms with Gasteiger partial charge in [0.05, 0.1) is 12.0 Å². The van der Waals surface area contributed by atoms with Gasteiger partial charge in [0.25, 0.3) is 5.69 Å². The molecular weight excluding hydrogens is 288 g/mol. The first kappa shape index (κ1) is 15.3. The molecule has 0 amide bonds. The Kier molecular flexibility index (Phi) is 4.92. The molecule has 0 aromatic heterocycles. The molecule has 0 fully saturated rings. The number of rotatable bonds is 6. The Balaban J connectivity index is 1.96. The number of carbonyl (C=O) groups is 1. The maximum atomic E-state index is 11.0. The maximum Gasteiger partial charge on any atom is 0.343 e. The molecule has 0 aliphatic heterocycles. The Bertz CT molecular complexity index is 653. The number of anilines is 2. The van der Waals surface area contributed by atoms with Crippen molar-refractivity contribution in [3.05, 3.63) is 58.6 Å². The number of nitrogens with one attached hydrogen (secondary N) is 1. The fourth-order valence-electron chi connectivity index (χ4n) is 1.67. The van der Waals surface area contributed by atoms with Crippen LogP contribution in [0.5, 0.6) is 5.75 Å². The van der Waals surface area contributed by atoms with E-state index in [0.717, 1.165) is 11.4 Å². The first-order valence-corrected chi connectivity index (χ1v) is 6.39. The average Bonchev–Trinajstić information content (AvgIpc) is 2.54. The predicted molar refractivity (Wildman–Crippen MR) is 80.3 cm³/mol. The highest BCUT2D eigenvalue weighted by molar-refractivity contribution is 5.71. The van der Waals surface area contributed by atoms with Crippen molar-refractivity contribution in [3.8, 4) is 5.75 Å². The van der Waals surface area contributed by atoms with E-state index in [2.05, 4.69) is 10.1 Å². The van der Waals surface area contributed by atoms with Gasteiger partial charge in [-0.05, 0) is 36.4 Å². The number of benzene rings is 2. The van der Waals surface area contributed by atoms with E-state index in [1.807, 2.05) is 0 Å². The Morgan fingerprint density at radius 2 is 1.64 bits per heavy atom. The lowest BCUT2D eigenvalue weighted by atomic mass is 10.2. The number of esters is 1. The van der Waals surface area contributed by atoms with Crippen LogP contribution >= 0.6 is 0 Å². The zero-order valence-electron chi connectivity index (χ0n) is 11.8. The molecule has 2 rings (SSSR count). The Labute approximate surface area is 126 Å². The van der Waals surface area contributed by atoms with Gasteiger partial charge in [-0.15, -0.1) is 0 Å². The number of nitro groups is 1. The van der Waals surface area contributed by atoms with Gasteiger partial charge in [0.1, 0.15) is 5.75 Å². The first-order valence-electron chi connectivity index (χ1n) is 6.39. The van der Waals surface area contributed by atoms with Gasteiger partial charge in [0.15, 0.2) is 6.61 Å². The zero-order valence-corrected chi connectivity index (χ0v) is 11.8. The Hall–Kier alpha value is -3.09. The summed E-state index contributed by atoms with van der Waals surface area (Å²) in [6.07, 6.45) is 0. The summed E-state index contributed by atoms with van der Waals surface area (Å²) in [4.78, 5) is 21.1. The second-order valence-electron chi connectivity index (χ2n) is 4.32. The summed E-state index contributed by atoms with van der Waals surface area (Å²) < 4.78 is 9.71. The second kappa shape index (κ2) is 7.07. The van der Waals surface area contributed by atoms with E-state index >= 15 is 0 Å². The highest BCUT2D eigenvalue weighted by Gasteiger charge is 2.04. The van der Waals surface area contributed by atoms with Gasteiger partial charge >= 0.3 is 5.97 Å². The highest BCUT2D eigenvalue weighted by atomic mass is 16.6. The number of hydrogen-bond acceptors (Lipinski definition) is 6. The monoisotopic (exact) mass is 302 g/mol. The van der Waals surface area contributed by atoms with Crippen molar-refractivity contribution in [3.63, 3.8) is 0 Å². The minimum absolute atomic E-state index is 0.0390. The molecule has 7 heteroatoms. The molecule has 0 spiro atoms. The molecule has 0 heterocycles. The molecule has 114 valence electrons. The largest absolute Gasteiger partial charge is 0.482 e. The zero-order chi connectivity index (χ0) is 15.9. The third kappa shape index (κ3) is 4.20. The quantitative estimate of drug-likeness (QED) is 0.501. The number of nitrogens with zero attached hydrogens (tertiary/aromatic N) is 1. The van der Waals surface area contributed by atoms with Crippen LogP contribution in [0.15, 0.2) is 48.5 Å². The molecule has 2 aromatic rings. The van der Waals surface area contributed by atoms with Crippen LogP contribution in [0.4, 0.5) is 17.1 Å². The normalized spacial score (nSPS) is 9.86. The van der Waals surface area contributed by atoms with Gasteiger partial charge < -0.3 is 14.8 Å². The van der Waals surface area contributed by atoms with Crippen molar-refractivity contribution in [2.75, 3.05) is 19.0 Å². The van der Waals surface area contributed by atoms with Crippen LogP contribution in [-0.2, 0) is 9.53 Å². The van der Waals surface area contributed by atoms with E-state index in [1.54, 1.807) is 36.4 Å². The Morgan fingerprint density at radius 3 is 2.14 bits per heavy atom. The van der Waals surface area contributed by atoms with Crippen LogP contribution < -0.4 is 10.1 Å². The number of hydrogen-bond donors (Lipinski definition) is 1. The molecule has 0 unspecified atom stereocenters. The number of non-ortho nitro benzene ring substituents is 1. The fraction of sp³-hybridized carbons (Fsp3) is 0.133. The molecule has 0 radical (unpaired) electrons. The van der Waals surface area contributed by atoms with Crippen LogP contribution in [-0.4, -0.2) is 24.6 Å². The molecule has 22 heavy (non-hydrogen) atoms. The van der Waals surface area contributed by atoms with Crippen molar-refractivity contribution < 1.29 is 19.2 Å². The SMILES string of the molecule is COC(=O)COc1ccc(Nc2ccc([N+](=O)[O-])cc2)cc1. The number of carbonyl (C=O) groups excluding carboxylic acids is 1. The van der Waals surface area contributed by atoms with Crippen molar-refractivity contribution in [2.45, 2.75) is 0 Å². The van der Waals surface area contributed by atoms with Crippen molar-refractivity contribution in [1.82, 2.24) is 0 Å². The van der Waals surface area contributed by atoms with Crippen LogP contribution in [0.1, 0.15) is 0 Å². The van der Waals surface area contributed by atoms with Crippen molar-refractivity contribution in [1.29, 1.82) is 0 Å².